The highest BCUT2D eigenvalue weighted by Gasteiger charge is 2.08. The number of benzene rings is 2. The third kappa shape index (κ3) is 2.86. The number of hydrogen-bond acceptors (Lipinski definition) is 2. The predicted molar refractivity (Wildman–Crippen MR) is 87.9 cm³/mol. The van der Waals surface area contributed by atoms with Crippen LogP contribution in [-0.2, 0) is 13.5 Å². The average molecular weight is 293 g/mol. The van der Waals surface area contributed by atoms with Crippen molar-refractivity contribution in [2.75, 3.05) is 6.54 Å². The number of para-hydroxylation sites is 2. The second-order valence-electron chi connectivity index (χ2n) is 5.45. The Hall–Kier alpha value is -2.62. The number of imidazole rings is 1. The minimum absolute atomic E-state index is 0.0394. The van der Waals surface area contributed by atoms with Crippen molar-refractivity contribution in [3.63, 3.8) is 0 Å². The number of rotatable bonds is 4. The molecule has 22 heavy (non-hydrogen) atoms. The summed E-state index contributed by atoms with van der Waals surface area (Å²) in [5.41, 5.74) is 3.89. The van der Waals surface area contributed by atoms with Crippen LogP contribution < -0.4 is 5.32 Å². The Morgan fingerprint density at radius 3 is 2.77 bits per heavy atom. The zero-order valence-corrected chi connectivity index (χ0v) is 12.8. The Morgan fingerprint density at radius 1 is 1.18 bits per heavy atom. The monoisotopic (exact) mass is 293 g/mol. The van der Waals surface area contributed by atoms with E-state index in [1.165, 1.54) is 0 Å². The van der Waals surface area contributed by atoms with Gasteiger partial charge in [0.15, 0.2) is 0 Å². The van der Waals surface area contributed by atoms with Crippen molar-refractivity contribution in [2.45, 2.75) is 13.3 Å². The van der Waals surface area contributed by atoms with Gasteiger partial charge in [-0.25, -0.2) is 4.98 Å². The standard InChI is InChI=1S/C18H19N3O/c1-13-6-5-7-14(12-13)18(22)19-11-10-17-20-15-8-3-4-9-16(15)21(17)2/h3-9,12H,10-11H2,1-2H3,(H,19,22). The molecule has 0 unspecified atom stereocenters. The van der Waals surface area contributed by atoms with Crippen molar-refractivity contribution in [1.29, 1.82) is 0 Å². The lowest BCUT2D eigenvalue weighted by Gasteiger charge is -2.06. The Kier molecular flexibility index (Phi) is 3.92. The van der Waals surface area contributed by atoms with E-state index in [-0.39, 0.29) is 5.91 Å². The Balaban J connectivity index is 1.65. The number of aromatic nitrogens is 2. The first kappa shape index (κ1) is 14.3. The molecule has 4 heteroatoms. The van der Waals surface area contributed by atoms with Gasteiger partial charge in [0.1, 0.15) is 5.82 Å². The summed E-state index contributed by atoms with van der Waals surface area (Å²) in [7, 11) is 2.01. The first-order valence-corrected chi connectivity index (χ1v) is 7.40. The highest BCUT2D eigenvalue weighted by molar-refractivity contribution is 5.94. The SMILES string of the molecule is Cc1cccc(C(=O)NCCc2nc3ccccc3n2C)c1. The summed E-state index contributed by atoms with van der Waals surface area (Å²) < 4.78 is 2.08. The minimum Gasteiger partial charge on any atom is -0.352 e. The van der Waals surface area contributed by atoms with E-state index < -0.39 is 0 Å². The van der Waals surface area contributed by atoms with Crippen LogP contribution >= 0.6 is 0 Å². The number of nitrogens with one attached hydrogen (secondary N) is 1. The molecule has 0 atom stereocenters. The molecule has 1 aromatic heterocycles. The van der Waals surface area contributed by atoms with Crippen LogP contribution in [0.3, 0.4) is 0 Å². The van der Waals surface area contributed by atoms with Crippen molar-refractivity contribution in [2.24, 2.45) is 7.05 Å². The first-order valence-electron chi connectivity index (χ1n) is 7.40. The van der Waals surface area contributed by atoms with E-state index in [0.717, 1.165) is 22.4 Å². The topological polar surface area (TPSA) is 46.9 Å². The fourth-order valence-electron chi connectivity index (χ4n) is 2.60. The lowest BCUT2D eigenvalue weighted by molar-refractivity contribution is 0.0954. The highest BCUT2D eigenvalue weighted by atomic mass is 16.1. The Morgan fingerprint density at radius 2 is 2.00 bits per heavy atom. The number of hydrogen-bond donors (Lipinski definition) is 1. The molecule has 0 radical (unpaired) electrons. The quantitative estimate of drug-likeness (QED) is 0.804. The summed E-state index contributed by atoms with van der Waals surface area (Å²) >= 11 is 0. The van der Waals surface area contributed by atoms with E-state index in [9.17, 15) is 4.79 Å². The lowest BCUT2D eigenvalue weighted by Crippen LogP contribution is -2.26. The Bertz CT molecular complexity index is 820. The molecule has 3 aromatic rings. The van der Waals surface area contributed by atoms with E-state index in [2.05, 4.69) is 20.9 Å². The fourth-order valence-corrected chi connectivity index (χ4v) is 2.60. The van der Waals surface area contributed by atoms with Gasteiger partial charge in [0.2, 0.25) is 0 Å². The van der Waals surface area contributed by atoms with Crippen molar-refractivity contribution < 1.29 is 4.79 Å². The average Bonchev–Trinajstić information content (AvgIpc) is 2.84. The second-order valence-corrected chi connectivity index (χ2v) is 5.45. The van der Waals surface area contributed by atoms with Crippen molar-refractivity contribution in [1.82, 2.24) is 14.9 Å². The molecule has 112 valence electrons. The molecule has 0 spiro atoms. The number of carbonyl (C=O) groups excluding carboxylic acids is 1. The van der Waals surface area contributed by atoms with Gasteiger partial charge in [0.25, 0.3) is 5.91 Å². The molecule has 0 bridgehead atoms. The molecule has 2 aromatic carbocycles. The summed E-state index contributed by atoms with van der Waals surface area (Å²) in [6.07, 6.45) is 0.711. The molecular weight excluding hydrogens is 274 g/mol. The normalized spacial score (nSPS) is 10.8. The van der Waals surface area contributed by atoms with E-state index >= 15 is 0 Å². The lowest BCUT2D eigenvalue weighted by atomic mass is 10.1. The van der Waals surface area contributed by atoms with Gasteiger partial charge in [-0.3, -0.25) is 4.79 Å². The molecule has 0 saturated carbocycles. The first-order chi connectivity index (χ1) is 10.6. The van der Waals surface area contributed by atoms with Crippen molar-refractivity contribution >= 4 is 16.9 Å². The zero-order valence-electron chi connectivity index (χ0n) is 12.8. The van der Waals surface area contributed by atoms with Crippen LogP contribution in [0.15, 0.2) is 48.5 Å². The van der Waals surface area contributed by atoms with E-state index in [1.54, 1.807) is 0 Å². The van der Waals surface area contributed by atoms with Gasteiger partial charge < -0.3 is 9.88 Å². The zero-order chi connectivity index (χ0) is 15.5. The Labute approximate surface area is 129 Å². The van der Waals surface area contributed by atoms with Crippen LogP contribution in [0.5, 0.6) is 0 Å². The van der Waals surface area contributed by atoms with Crippen LogP contribution in [0.2, 0.25) is 0 Å². The fraction of sp³-hybridized carbons (Fsp3) is 0.222. The molecular formula is C18H19N3O. The van der Waals surface area contributed by atoms with Gasteiger partial charge >= 0.3 is 0 Å². The summed E-state index contributed by atoms with van der Waals surface area (Å²) in [6, 6.07) is 15.7. The third-order valence-electron chi connectivity index (χ3n) is 3.79. The van der Waals surface area contributed by atoms with E-state index in [1.807, 2.05) is 56.4 Å². The molecule has 0 aliphatic rings. The van der Waals surface area contributed by atoms with Gasteiger partial charge in [-0.2, -0.15) is 0 Å². The maximum absolute atomic E-state index is 12.1. The van der Waals surface area contributed by atoms with Crippen LogP contribution in [-0.4, -0.2) is 22.0 Å². The van der Waals surface area contributed by atoms with Gasteiger partial charge in [0.05, 0.1) is 11.0 Å². The summed E-state index contributed by atoms with van der Waals surface area (Å²) in [5, 5.41) is 2.95. The molecule has 0 aliphatic heterocycles. The smallest absolute Gasteiger partial charge is 0.251 e. The van der Waals surface area contributed by atoms with Crippen molar-refractivity contribution in [3.8, 4) is 0 Å². The molecule has 1 N–H and O–H groups in total. The highest BCUT2D eigenvalue weighted by Crippen LogP contribution is 2.14. The maximum Gasteiger partial charge on any atom is 0.251 e. The summed E-state index contributed by atoms with van der Waals surface area (Å²) in [6.45, 7) is 2.56. The number of nitrogens with zero attached hydrogens (tertiary/aromatic N) is 2. The van der Waals surface area contributed by atoms with Crippen molar-refractivity contribution in [3.05, 3.63) is 65.5 Å². The second kappa shape index (κ2) is 6.02. The van der Waals surface area contributed by atoms with Crippen LogP contribution in [0.1, 0.15) is 21.7 Å². The minimum atomic E-state index is -0.0394. The molecule has 0 fully saturated rings. The number of carbonyl (C=O) groups is 1. The number of aryl methyl sites for hydroxylation is 2. The van der Waals surface area contributed by atoms with Gasteiger partial charge in [0, 0.05) is 25.6 Å². The maximum atomic E-state index is 12.1. The van der Waals surface area contributed by atoms with Crippen LogP contribution in [0, 0.1) is 6.92 Å². The number of fused-ring (bicyclic) bond motifs is 1. The molecule has 4 nitrogen and oxygen atoms in total. The van der Waals surface area contributed by atoms with Crippen LogP contribution in [0.25, 0.3) is 11.0 Å². The third-order valence-corrected chi connectivity index (χ3v) is 3.79. The molecule has 1 heterocycles. The molecule has 0 aliphatic carbocycles. The van der Waals surface area contributed by atoms with Crippen LogP contribution in [0.4, 0.5) is 0 Å². The van der Waals surface area contributed by atoms with E-state index in [4.69, 9.17) is 0 Å². The van der Waals surface area contributed by atoms with E-state index in [0.29, 0.717) is 18.5 Å². The summed E-state index contributed by atoms with van der Waals surface area (Å²) in [4.78, 5) is 16.7. The molecule has 1 amide bonds. The van der Waals surface area contributed by atoms with Gasteiger partial charge in [-0.05, 0) is 31.2 Å². The van der Waals surface area contributed by atoms with Gasteiger partial charge in [-0.1, -0.05) is 29.8 Å². The summed E-state index contributed by atoms with van der Waals surface area (Å²) in [5.74, 6) is 0.938. The van der Waals surface area contributed by atoms with Gasteiger partial charge in [-0.15, -0.1) is 0 Å². The predicted octanol–water partition coefficient (Wildman–Crippen LogP) is 2.85. The molecule has 3 rings (SSSR count). The largest absolute Gasteiger partial charge is 0.352 e. The number of amides is 1. The molecule has 0 saturated heterocycles.